The van der Waals surface area contributed by atoms with Crippen molar-refractivity contribution in [2.24, 2.45) is 0 Å². The maximum Gasteiger partial charge on any atom is 0.274 e. The van der Waals surface area contributed by atoms with Crippen LogP contribution in [0.1, 0.15) is 33.4 Å². The van der Waals surface area contributed by atoms with E-state index in [1.807, 2.05) is 42.6 Å². The van der Waals surface area contributed by atoms with Crippen LogP contribution in [0.2, 0.25) is 0 Å². The predicted molar refractivity (Wildman–Crippen MR) is 86.0 cm³/mol. The lowest BCUT2D eigenvalue weighted by Crippen LogP contribution is -2.32. The van der Waals surface area contributed by atoms with Crippen LogP contribution < -0.4 is 5.32 Å². The number of carbonyl (C=O) groups excluding carboxylic acids is 1. The molecule has 0 spiro atoms. The van der Waals surface area contributed by atoms with E-state index in [0.717, 1.165) is 5.56 Å². The average Bonchev–Trinajstić information content (AvgIpc) is 3.24. The van der Waals surface area contributed by atoms with Crippen molar-refractivity contribution in [1.29, 1.82) is 0 Å². The van der Waals surface area contributed by atoms with Crippen molar-refractivity contribution >= 4 is 5.91 Å². The van der Waals surface area contributed by atoms with Gasteiger partial charge in [0.15, 0.2) is 5.69 Å². The number of aliphatic hydroxyl groups is 1. The first kappa shape index (κ1) is 15.9. The highest BCUT2D eigenvalue weighted by atomic mass is 16.5. The molecule has 0 saturated heterocycles. The quantitative estimate of drug-likeness (QED) is 0.721. The maximum atomic E-state index is 12.6. The van der Waals surface area contributed by atoms with E-state index in [-0.39, 0.29) is 18.3 Å². The van der Waals surface area contributed by atoms with Gasteiger partial charge in [-0.15, -0.1) is 0 Å². The number of nitrogens with zero attached hydrogens (tertiary/aromatic N) is 3. The van der Waals surface area contributed by atoms with Gasteiger partial charge < -0.3 is 14.9 Å². The van der Waals surface area contributed by atoms with E-state index in [1.165, 1.54) is 0 Å². The standard InChI is InChI=1S/C17H18N4O3/c1-12-14(11-22)16(20-24-12)17(23)19-15(10-21-9-5-8-18-21)13-6-3-2-4-7-13/h2-9,15,22H,10-11H2,1H3,(H,19,23)/t15-/m0/s1. The van der Waals surface area contributed by atoms with Gasteiger partial charge in [-0.3, -0.25) is 9.48 Å². The number of aliphatic hydroxyl groups excluding tert-OH is 1. The second kappa shape index (κ2) is 7.10. The van der Waals surface area contributed by atoms with Crippen molar-refractivity contribution in [3.05, 3.63) is 71.4 Å². The molecule has 1 atom stereocenters. The third-order valence-electron chi connectivity index (χ3n) is 3.79. The van der Waals surface area contributed by atoms with E-state index in [2.05, 4.69) is 15.6 Å². The Morgan fingerprint density at radius 2 is 2.12 bits per heavy atom. The molecule has 2 heterocycles. The normalized spacial score (nSPS) is 12.1. The molecule has 7 nitrogen and oxygen atoms in total. The Labute approximate surface area is 138 Å². The molecule has 3 aromatic rings. The highest BCUT2D eigenvalue weighted by Crippen LogP contribution is 2.18. The third kappa shape index (κ3) is 3.36. The summed E-state index contributed by atoms with van der Waals surface area (Å²) < 4.78 is 6.76. The highest BCUT2D eigenvalue weighted by molar-refractivity contribution is 5.94. The Morgan fingerprint density at radius 3 is 2.79 bits per heavy atom. The molecule has 124 valence electrons. The number of rotatable bonds is 6. The van der Waals surface area contributed by atoms with Crippen LogP contribution in [0.5, 0.6) is 0 Å². The summed E-state index contributed by atoms with van der Waals surface area (Å²) in [6, 6.07) is 11.2. The summed E-state index contributed by atoms with van der Waals surface area (Å²) in [6.07, 6.45) is 3.52. The smallest absolute Gasteiger partial charge is 0.274 e. The molecule has 0 fully saturated rings. The number of hydrogen-bond donors (Lipinski definition) is 2. The first-order chi connectivity index (χ1) is 11.7. The minimum Gasteiger partial charge on any atom is -0.391 e. The molecule has 1 amide bonds. The van der Waals surface area contributed by atoms with Gasteiger partial charge >= 0.3 is 0 Å². The van der Waals surface area contributed by atoms with Gasteiger partial charge in [0.05, 0.1) is 24.8 Å². The number of hydrogen-bond acceptors (Lipinski definition) is 5. The van der Waals surface area contributed by atoms with Crippen molar-refractivity contribution in [3.63, 3.8) is 0 Å². The fraction of sp³-hybridized carbons (Fsp3) is 0.235. The van der Waals surface area contributed by atoms with E-state index >= 15 is 0 Å². The SMILES string of the molecule is Cc1onc(C(=O)N[C@@H](Cn2cccn2)c2ccccc2)c1CO. The van der Waals surface area contributed by atoms with Gasteiger partial charge in [0.25, 0.3) is 5.91 Å². The molecular weight excluding hydrogens is 308 g/mol. The second-order valence-corrected chi connectivity index (χ2v) is 5.39. The predicted octanol–water partition coefficient (Wildman–Crippen LogP) is 1.84. The van der Waals surface area contributed by atoms with Gasteiger partial charge in [-0.1, -0.05) is 35.5 Å². The molecule has 1 aromatic carbocycles. The van der Waals surface area contributed by atoms with Gasteiger partial charge in [0.2, 0.25) is 0 Å². The summed E-state index contributed by atoms with van der Waals surface area (Å²) in [5.74, 6) is 0.0443. The van der Waals surface area contributed by atoms with E-state index < -0.39 is 5.91 Å². The fourth-order valence-electron chi connectivity index (χ4n) is 2.50. The van der Waals surface area contributed by atoms with Crippen molar-refractivity contribution in [3.8, 4) is 0 Å². The molecule has 7 heteroatoms. The van der Waals surface area contributed by atoms with E-state index in [4.69, 9.17) is 4.52 Å². The minimum absolute atomic E-state index is 0.108. The molecular formula is C17H18N4O3. The van der Waals surface area contributed by atoms with Crippen molar-refractivity contribution < 1.29 is 14.4 Å². The summed E-state index contributed by atoms with van der Waals surface area (Å²) in [6.45, 7) is 1.84. The number of aryl methyl sites for hydroxylation is 1. The van der Waals surface area contributed by atoms with E-state index in [1.54, 1.807) is 17.8 Å². The largest absolute Gasteiger partial charge is 0.391 e. The number of carbonyl (C=O) groups is 1. The summed E-state index contributed by atoms with van der Waals surface area (Å²) >= 11 is 0. The van der Waals surface area contributed by atoms with Crippen LogP contribution in [0.4, 0.5) is 0 Å². The van der Waals surface area contributed by atoms with E-state index in [9.17, 15) is 9.90 Å². The highest BCUT2D eigenvalue weighted by Gasteiger charge is 2.23. The lowest BCUT2D eigenvalue weighted by molar-refractivity contribution is 0.0920. The fourth-order valence-corrected chi connectivity index (χ4v) is 2.50. The average molecular weight is 326 g/mol. The topological polar surface area (TPSA) is 93.2 Å². The van der Waals surface area contributed by atoms with Gasteiger partial charge in [0.1, 0.15) is 5.76 Å². The van der Waals surface area contributed by atoms with Crippen LogP contribution in [0.3, 0.4) is 0 Å². The van der Waals surface area contributed by atoms with Crippen LogP contribution in [0.25, 0.3) is 0 Å². The molecule has 2 aromatic heterocycles. The summed E-state index contributed by atoms with van der Waals surface area (Å²) in [5, 5.41) is 20.3. The molecule has 0 aliphatic rings. The second-order valence-electron chi connectivity index (χ2n) is 5.39. The van der Waals surface area contributed by atoms with Crippen molar-refractivity contribution in [1.82, 2.24) is 20.3 Å². The number of benzene rings is 1. The molecule has 0 saturated carbocycles. The zero-order valence-electron chi connectivity index (χ0n) is 13.2. The van der Waals surface area contributed by atoms with Gasteiger partial charge in [-0.25, -0.2) is 0 Å². The molecule has 0 aliphatic heterocycles. The zero-order valence-corrected chi connectivity index (χ0v) is 13.2. The van der Waals surface area contributed by atoms with Crippen molar-refractivity contribution in [2.75, 3.05) is 0 Å². The van der Waals surface area contributed by atoms with Gasteiger partial charge in [-0.05, 0) is 18.6 Å². The Balaban J connectivity index is 1.84. The number of aromatic nitrogens is 3. The maximum absolute atomic E-state index is 12.6. The lowest BCUT2D eigenvalue weighted by Gasteiger charge is -2.19. The van der Waals surface area contributed by atoms with Gasteiger partial charge in [-0.2, -0.15) is 5.10 Å². The Morgan fingerprint density at radius 1 is 1.33 bits per heavy atom. The first-order valence-electron chi connectivity index (χ1n) is 7.58. The monoisotopic (exact) mass is 326 g/mol. The number of amides is 1. The van der Waals surface area contributed by atoms with Crippen LogP contribution in [-0.2, 0) is 13.2 Å². The Bertz CT molecular complexity index is 797. The van der Waals surface area contributed by atoms with E-state index in [0.29, 0.717) is 17.9 Å². The molecule has 24 heavy (non-hydrogen) atoms. The Kier molecular flexibility index (Phi) is 4.72. The van der Waals surface area contributed by atoms with Crippen molar-refractivity contribution in [2.45, 2.75) is 26.1 Å². The van der Waals surface area contributed by atoms with Crippen LogP contribution in [-0.4, -0.2) is 26.0 Å². The Hall–Kier alpha value is -2.93. The molecule has 0 radical (unpaired) electrons. The molecule has 0 unspecified atom stereocenters. The summed E-state index contributed by atoms with van der Waals surface area (Å²) in [4.78, 5) is 12.6. The lowest BCUT2D eigenvalue weighted by atomic mass is 10.1. The third-order valence-corrected chi connectivity index (χ3v) is 3.79. The first-order valence-corrected chi connectivity index (χ1v) is 7.58. The molecule has 0 bridgehead atoms. The molecule has 0 aliphatic carbocycles. The number of nitrogens with one attached hydrogen (secondary N) is 1. The molecule has 2 N–H and O–H groups in total. The molecule has 3 rings (SSSR count). The van der Waals surface area contributed by atoms with Gasteiger partial charge in [0, 0.05) is 12.4 Å². The van der Waals surface area contributed by atoms with Crippen LogP contribution in [0, 0.1) is 6.92 Å². The minimum atomic E-state index is -0.392. The van der Waals surface area contributed by atoms with Crippen LogP contribution in [0.15, 0.2) is 53.3 Å². The summed E-state index contributed by atoms with van der Waals surface area (Å²) in [7, 11) is 0. The summed E-state index contributed by atoms with van der Waals surface area (Å²) in [5.41, 5.74) is 1.46. The zero-order chi connectivity index (χ0) is 16.9. The van der Waals surface area contributed by atoms with Crippen LogP contribution >= 0.6 is 0 Å².